The number of aromatic nitrogens is 1. The van der Waals surface area contributed by atoms with Crippen molar-refractivity contribution in [2.24, 2.45) is 0 Å². The van der Waals surface area contributed by atoms with E-state index in [2.05, 4.69) is 9.71 Å². The van der Waals surface area contributed by atoms with Crippen molar-refractivity contribution < 1.29 is 17.9 Å². The fourth-order valence-corrected chi connectivity index (χ4v) is 3.95. The van der Waals surface area contributed by atoms with Crippen molar-refractivity contribution in [3.63, 3.8) is 0 Å². The van der Waals surface area contributed by atoms with Crippen LogP contribution in [0.1, 0.15) is 36.7 Å². The molecular weight excluding hydrogens is 364 g/mol. The lowest BCUT2D eigenvalue weighted by Gasteiger charge is -2.21. The second kappa shape index (κ2) is 6.74. The fourth-order valence-electron chi connectivity index (χ4n) is 2.78. The Hall–Kier alpha value is -2.80. The zero-order chi connectivity index (χ0) is 19.8. The van der Waals surface area contributed by atoms with Crippen LogP contribution >= 0.6 is 0 Å². The van der Waals surface area contributed by atoms with Crippen LogP contribution in [0.2, 0.25) is 0 Å². The monoisotopic (exact) mass is 386 g/mol. The van der Waals surface area contributed by atoms with E-state index >= 15 is 0 Å². The molecule has 7 heteroatoms. The molecule has 3 aromatic rings. The third-order valence-electron chi connectivity index (χ3n) is 4.36. The molecular formula is C20H22N2O4S. The van der Waals surface area contributed by atoms with Gasteiger partial charge in [0.1, 0.15) is 10.6 Å². The number of nitrogens with one attached hydrogen (secondary N) is 2. The number of ether oxygens (including phenoxy) is 1. The van der Waals surface area contributed by atoms with Crippen molar-refractivity contribution in [1.82, 2.24) is 9.71 Å². The van der Waals surface area contributed by atoms with Gasteiger partial charge < -0.3 is 9.72 Å². The topological polar surface area (TPSA) is 88.3 Å². The summed E-state index contributed by atoms with van der Waals surface area (Å²) in [7, 11) is -2.71. The second-order valence-electron chi connectivity index (χ2n) is 7.33. The average Bonchev–Trinajstić information content (AvgIpc) is 3.07. The third-order valence-corrected chi connectivity index (χ3v) is 5.71. The molecule has 1 heterocycles. The molecule has 0 unspecified atom stereocenters. The van der Waals surface area contributed by atoms with Crippen LogP contribution in [0, 0.1) is 0 Å². The number of H-pyrrole nitrogens is 1. The van der Waals surface area contributed by atoms with Gasteiger partial charge in [-0.3, -0.25) is 4.79 Å². The van der Waals surface area contributed by atoms with Gasteiger partial charge in [-0.25, -0.2) is 13.1 Å². The lowest BCUT2D eigenvalue weighted by molar-refractivity contribution is 0.0981. The lowest BCUT2D eigenvalue weighted by Crippen LogP contribution is -2.31. The molecule has 0 spiro atoms. The van der Waals surface area contributed by atoms with Crippen LogP contribution in [0.25, 0.3) is 10.9 Å². The van der Waals surface area contributed by atoms with Crippen molar-refractivity contribution in [3.8, 4) is 5.75 Å². The maximum atomic E-state index is 12.9. The van der Waals surface area contributed by atoms with Crippen LogP contribution in [0.5, 0.6) is 5.75 Å². The predicted molar refractivity (Wildman–Crippen MR) is 105 cm³/mol. The van der Waals surface area contributed by atoms with E-state index in [9.17, 15) is 13.2 Å². The van der Waals surface area contributed by atoms with E-state index in [4.69, 9.17) is 4.74 Å². The van der Waals surface area contributed by atoms with Gasteiger partial charge >= 0.3 is 0 Å². The lowest BCUT2D eigenvalue weighted by atomic mass is 9.87. The number of amides is 1. The molecule has 2 aromatic carbocycles. The minimum atomic E-state index is -4.11. The predicted octanol–water partition coefficient (Wildman–Crippen LogP) is 3.59. The Morgan fingerprint density at radius 1 is 1.07 bits per heavy atom. The Balaban J connectivity index is 1.97. The summed E-state index contributed by atoms with van der Waals surface area (Å²) in [5.74, 6) is -0.509. The standard InChI is InChI=1S/C20H22N2O4S/c1-20(2,3)15-6-8-17(26-4)18(12-15)27(24,25)22-19(23)14-5-7-16-13(11-14)9-10-21-16/h5-12,21H,1-4H3,(H,22,23). The maximum absolute atomic E-state index is 12.9. The molecule has 1 aromatic heterocycles. The number of carbonyl (C=O) groups is 1. The summed E-state index contributed by atoms with van der Waals surface area (Å²) in [6.45, 7) is 5.95. The van der Waals surface area contributed by atoms with Gasteiger partial charge in [0.25, 0.3) is 15.9 Å². The van der Waals surface area contributed by atoms with Crippen molar-refractivity contribution in [2.45, 2.75) is 31.1 Å². The number of fused-ring (bicyclic) bond motifs is 1. The molecule has 0 atom stereocenters. The maximum Gasteiger partial charge on any atom is 0.268 e. The summed E-state index contributed by atoms with van der Waals surface area (Å²) >= 11 is 0. The molecule has 0 aliphatic rings. The van der Waals surface area contributed by atoms with Crippen molar-refractivity contribution in [1.29, 1.82) is 0 Å². The first-order valence-electron chi connectivity index (χ1n) is 8.44. The smallest absolute Gasteiger partial charge is 0.268 e. The highest BCUT2D eigenvalue weighted by molar-refractivity contribution is 7.90. The SMILES string of the molecule is COc1ccc(C(C)(C)C)cc1S(=O)(=O)NC(=O)c1ccc2[nH]ccc2c1. The molecule has 0 aliphatic heterocycles. The first kappa shape index (κ1) is 19.0. The molecule has 0 fully saturated rings. The minimum Gasteiger partial charge on any atom is -0.495 e. The second-order valence-corrected chi connectivity index (χ2v) is 8.98. The Labute approximate surface area is 158 Å². The summed E-state index contributed by atoms with van der Waals surface area (Å²) in [5.41, 5.74) is 1.70. The Morgan fingerprint density at radius 2 is 1.81 bits per heavy atom. The van der Waals surface area contributed by atoms with E-state index < -0.39 is 15.9 Å². The van der Waals surface area contributed by atoms with Crippen LogP contribution < -0.4 is 9.46 Å². The summed E-state index contributed by atoms with van der Waals surface area (Å²) in [5, 5.41) is 0.826. The molecule has 1 amide bonds. The Morgan fingerprint density at radius 3 is 2.48 bits per heavy atom. The molecule has 0 bridgehead atoms. The highest BCUT2D eigenvalue weighted by atomic mass is 32.2. The molecule has 142 valence electrons. The zero-order valence-corrected chi connectivity index (χ0v) is 16.5. The Kier molecular flexibility index (Phi) is 4.73. The van der Waals surface area contributed by atoms with E-state index in [0.29, 0.717) is 0 Å². The summed E-state index contributed by atoms with van der Waals surface area (Å²) in [4.78, 5) is 15.5. The van der Waals surface area contributed by atoms with Crippen LogP contribution in [-0.4, -0.2) is 26.4 Å². The zero-order valence-electron chi connectivity index (χ0n) is 15.7. The van der Waals surface area contributed by atoms with Gasteiger partial charge in [-0.05, 0) is 47.4 Å². The van der Waals surface area contributed by atoms with Gasteiger partial charge in [0.05, 0.1) is 7.11 Å². The molecule has 0 saturated carbocycles. The molecule has 3 rings (SSSR count). The van der Waals surface area contributed by atoms with E-state index in [1.807, 2.05) is 32.9 Å². The van der Waals surface area contributed by atoms with Crippen molar-refractivity contribution >= 4 is 26.8 Å². The van der Waals surface area contributed by atoms with Crippen LogP contribution in [-0.2, 0) is 15.4 Å². The van der Waals surface area contributed by atoms with E-state index in [1.54, 1.807) is 36.5 Å². The molecule has 2 N–H and O–H groups in total. The van der Waals surface area contributed by atoms with E-state index in [0.717, 1.165) is 16.5 Å². The first-order valence-corrected chi connectivity index (χ1v) is 9.93. The van der Waals surface area contributed by atoms with Crippen molar-refractivity contribution in [2.75, 3.05) is 7.11 Å². The van der Waals surface area contributed by atoms with Gasteiger partial charge in [-0.2, -0.15) is 0 Å². The normalized spacial score (nSPS) is 12.1. The highest BCUT2D eigenvalue weighted by Crippen LogP contribution is 2.30. The first-order chi connectivity index (χ1) is 12.6. The van der Waals surface area contributed by atoms with E-state index in [-0.39, 0.29) is 21.6 Å². The fraction of sp³-hybridized carbons (Fsp3) is 0.250. The number of carbonyl (C=O) groups excluding carboxylic acids is 1. The number of hydrogen-bond acceptors (Lipinski definition) is 4. The van der Waals surface area contributed by atoms with Gasteiger partial charge in [0.2, 0.25) is 0 Å². The number of hydrogen-bond donors (Lipinski definition) is 2. The number of aromatic amines is 1. The van der Waals surface area contributed by atoms with E-state index in [1.165, 1.54) is 7.11 Å². The van der Waals surface area contributed by atoms with Crippen LogP contribution in [0.4, 0.5) is 0 Å². The van der Waals surface area contributed by atoms with Gasteiger partial charge in [0, 0.05) is 22.7 Å². The summed E-state index contributed by atoms with van der Waals surface area (Å²) in [6, 6.07) is 11.7. The molecule has 0 radical (unpaired) electrons. The molecule has 0 saturated heterocycles. The van der Waals surface area contributed by atoms with Crippen LogP contribution in [0.3, 0.4) is 0 Å². The summed E-state index contributed by atoms with van der Waals surface area (Å²) in [6.07, 6.45) is 1.76. The molecule has 6 nitrogen and oxygen atoms in total. The third kappa shape index (κ3) is 3.83. The van der Waals surface area contributed by atoms with Crippen molar-refractivity contribution in [3.05, 3.63) is 59.8 Å². The van der Waals surface area contributed by atoms with Gasteiger partial charge in [0.15, 0.2) is 0 Å². The number of rotatable bonds is 4. The quantitative estimate of drug-likeness (QED) is 0.717. The largest absolute Gasteiger partial charge is 0.495 e. The number of benzene rings is 2. The number of methoxy groups -OCH3 is 1. The van der Waals surface area contributed by atoms with Gasteiger partial charge in [-0.1, -0.05) is 26.8 Å². The van der Waals surface area contributed by atoms with Gasteiger partial charge in [-0.15, -0.1) is 0 Å². The Bertz CT molecular complexity index is 1110. The number of sulfonamides is 1. The minimum absolute atomic E-state index is 0.0616. The average molecular weight is 386 g/mol. The molecule has 27 heavy (non-hydrogen) atoms. The summed E-state index contributed by atoms with van der Waals surface area (Å²) < 4.78 is 33.1. The van der Waals surface area contributed by atoms with Crippen LogP contribution in [0.15, 0.2) is 53.6 Å². The molecule has 0 aliphatic carbocycles. The highest BCUT2D eigenvalue weighted by Gasteiger charge is 2.25.